The Bertz CT molecular complexity index is 117. The fourth-order valence-electron chi connectivity index (χ4n) is 0. The minimum atomic E-state index is -1.08. The van der Waals surface area contributed by atoms with Crippen LogP contribution in [-0.4, -0.2) is 28.9 Å². The van der Waals surface area contributed by atoms with Crippen LogP contribution in [0.5, 0.6) is 0 Å². The van der Waals surface area contributed by atoms with Gasteiger partial charge in [0.1, 0.15) is 0 Å². The fourth-order valence-corrected chi connectivity index (χ4v) is 0. The van der Waals surface area contributed by atoms with Crippen LogP contribution in [0.1, 0.15) is 20.8 Å². The molecule has 0 atom stereocenters. The van der Waals surface area contributed by atoms with Crippen LogP contribution < -0.4 is 15.3 Å². The van der Waals surface area contributed by atoms with Gasteiger partial charge in [0.05, 0.1) is 0 Å². The maximum Gasteiger partial charge on any atom is 3.00 e. The van der Waals surface area contributed by atoms with Crippen molar-refractivity contribution in [3.05, 3.63) is 0 Å². The van der Waals surface area contributed by atoms with E-state index in [9.17, 15) is 0 Å². The maximum absolute atomic E-state index is 8.89. The molecule has 8 nitrogen and oxygen atoms in total. The van der Waals surface area contributed by atoms with E-state index in [1.165, 1.54) is 0 Å². The Kier molecular flexibility index (Phi) is 71.2. The molecule has 0 aromatic heterocycles. The summed E-state index contributed by atoms with van der Waals surface area (Å²) in [6, 6.07) is 0. The van der Waals surface area contributed by atoms with Crippen molar-refractivity contribution in [3.63, 3.8) is 0 Å². The Morgan fingerprint density at radius 3 is 0.667 bits per heavy atom. The van der Waals surface area contributed by atoms with Gasteiger partial charge in [-0.05, 0) is 20.8 Å². The molecule has 0 aromatic rings. The summed E-state index contributed by atoms with van der Waals surface area (Å²) in [5, 5.41) is 26.7. The molecule has 0 amide bonds. The first-order chi connectivity index (χ1) is 5.20. The molecule has 15 heavy (non-hydrogen) atoms. The Hall–Kier alpha value is -0.475. The summed E-state index contributed by atoms with van der Waals surface area (Å²) in [5.41, 5.74) is 0. The van der Waals surface area contributed by atoms with Gasteiger partial charge in [0, 0.05) is 17.9 Å². The second-order valence-electron chi connectivity index (χ2n) is 1.47. The fraction of sp³-hybridized carbons (Fsp3) is 0.500. The minimum Gasteiger partial charge on any atom is -0.550 e. The predicted molar refractivity (Wildman–Crippen MR) is 39.3 cm³/mol. The molecule has 0 radical (unpaired) electrons. The molecule has 9 heteroatoms. The molecular formula is C6H13LaO8. The zero-order valence-electron chi connectivity index (χ0n) is 8.53. The van der Waals surface area contributed by atoms with E-state index in [1.807, 2.05) is 0 Å². The van der Waals surface area contributed by atoms with Gasteiger partial charge in [0.15, 0.2) is 0 Å². The van der Waals surface area contributed by atoms with Crippen molar-refractivity contribution in [3.8, 4) is 0 Å². The molecule has 4 N–H and O–H groups in total. The Labute approximate surface area is 115 Å². The molecule has 0 bridgehead atoms. The summed E-state index contributed by atoms with van der Waals surface area (Å²) < 4.78 is 0. The number of carboxylic acids is 3. The van der Waals surface area contributed by atoms with Crippen LogP contribution >= 0.6 is 0 Å². The van der Waals surface area contributed by atoms with Gasteiger partial charge in [0.2, 0.25) is 0 Å². The molecule has 0 aliphatic heterocycles. The predicted octanol–water partition coefficient (Wildman–Crippen LogP) is -5.38. The first kappa shape index (κ1) is 36.6. The molecular weight excluding hydrogens is 339 g/mol. The summed E-state index contributed by atoms with van der Waals surface area (Å²) in [5.74, 6) is -3.25. The van der Waals surface area contributed by atoms with Crippen LogP contribution in [0, 0.1) is 35.6 Å². The van der Waals surface area contributed by atoms with Gasteiger partial charge < -0.3 is 40.7 Å². The van der Waals surface area contributed by atoms with Crippen molar-refractivity contribution in [2.24, 2.45) is 0 Å². The summed E-state index contributed by atoms with van der Waals surface area (Å²) in [7, 11) is 0. The van der Waals surface area contributed by atoms with Crippen LogP contribution in [0.15, 0.2) is 0 Å². The monoisotopic (exact) mass is 352 g/mol. The first-order valence-electron chi connectivity index (χ1n) is 2.72. The van der Waals surface area contributed by atoms with E-state index < -0.39 is 17.9 Å². The largest absolute Gasteiger partial charge is 3.00 e. The number of hydrogen-bond acceptors (Lipinski definition) is 6. The van der Waals surface area contributed by atoms with Crippen LogP contribution in [0.3, 0.4) is 0 Å². The molecule has 0 aliphatic rings. The van der Waals surface area contributed by atoms with Crippen molar-refractivity contribution in [2.75, 3.05) is 0 Å². The average Bonchev–Trinajstić information content (AvgIpc) is 1.54. The Morgan fingerprint density at radius 2 is 0.667 bits per heavy atom. The molecule has 0 unspecified atom stereocenters. The molecule has 88 valence electrons. The zero-order valence-corrected chi connectivity index (χ0v) is 12.2. The van der Waals surface area contributed by atoms with Gasteiger partial charge in [-0.25, -0.2) is 0 Å². The number of rotatable bonds is 0. The van der Waals surface area contributed by atoms with Crippen LogP contribution in [0.4, 0.5) is 0 Å². The van der Waals surface area contributed by atoms with Gasteiger partial charge in [-0.1, -0.05) is 0 Å². The third-order valence-corrected chi connectivity index (χ3v) is 0. The smallest absolute Gasteiger partial charge is 0.550 e. The molecule has 0 fully saturated rings. The van der Waals surface area contributed by atoms with Gasteiger partial charge >= 0.3 is 35.6 Å². The zero-order chi connectivity index (χ0) is 10.7. The standard InChI is InChI=1S/3C2H4O2.La.2H2O/c3*1-2(3)4;;;/h3*1H3,(H,3,4);;2*1H2/q;;;+3;;/p-3. The van der Waals surface area contributed by atoms with Crippen molar-refractivity contribution >= 4 is 17.9 Å². The van der Waals surface area contributed by atoms with E-state index in [0.29, 0.717) is 0 Å². The molecule has 0 aliphatic carbocycles. The van der Waals surface area contributed by atoms with E-state index in [4.69, 9.17) is 29.7 Å². The minimum absolute atomic E-state index is 0. The number of hydrogen-bond donors (Lipinski definition) is 0. The second kappa shape index (κ2) is 29.2. The van der Waals surface area contributed by atoms with Gasteiger partial charge in [-0.2, -0.15) is 0 Å². The molecule has 0 saturated heterocycles. The number of carboxylic acid groups (broad SMARTS) is 3. The second-order valence-corrected chi connectivity index (χ2v) is 1.47. The number of carbonyl (C=O) groups excluding carboxylic acids is 3. The number of carbonyl (C=O) groups is 3. The SMILES string of the molecule is CC(=O)[O-].CC(=O)[O-].CC(=O)[O-].O.O.[La+3]. The molecule has 0 saturated carbocycles. The first-order valence-corrected chi connectivity index (χ1v) is 2.72. The third-order valence-electron chi connectivity index (χ3n) is 0. The van der Waals surface area contributed by atoms with Gasteiger partial charge in [0.25, 0.3) is 0 Å². The van der Waals surface area contributed by atoms with Gasteiger partial charge in [-0.15, -0.1) is 0 Å². The Balaban J connectivity index is -0.0000000184. The molecule has 0 rings (SSSR count). The van der Waals surface area contributed by atoms with E-state index >= 15 is 0 Å². The molecule has 0 heterocycles. The van der Waals surface area contributed by atoms with E-state index in [1.54, 1.807) is 0 Å². The van der Waals surface area contributed by atoms with Crippen molar-refractivity contribution in [2.45, 2.75) is 20.8 Å². The van der Waals surface area contributed by atoms with Crippen molar-refractivity contribution in [1.82, 2.24) is 0 Å². The topological polar surface area (TPSA) is 183 Å². The van der Waals surface area contributed by atoms with Crippen LogP contribution in [0.2, 0.25) is 0 Å². The summed E-state index contributed by atoms with van der Waals surface area (Å²) in [6.07, 6.45) is 0. The Morgan fingerprint density at radius 1 is 0.667 bits per heavy atom. The average molecular weight is 352 g/mol. The molecule has 0 spiro atoms. The molecule has 0 aromatic carbocycles. The van der Waals surface area contributed by atoms with E-state index in [-0.39, 0.29) is 46.6 Å². The quantitative estimate of drug-likeness (QED) is 0.419. The van der Waals surface area contributed by atoms with Crippen molar-refractivity contribution in [1.29, 1.82) is 0 Å². The van der Waals surface area contributed by atoms with Crippen LogP contribution in [-0.2, 0) is 14.4 Å². The summed E-state index contributed by atoms with van der Waals surface area (Å²) in [4.78, 5) is 26.7. The third kappa shape index (κ3) is 7960. The van der Waals surface area contributed by atoms with E-state index in [2.05, 4.69) is 0 Å². The van der Waals surface area contributed by atoms with Crippen molar-refractivity contribution < 1.29 is 76.3 Å². The maximum atomic E-state index is 8.89. The normalized spacial score (nSPS) is 5.00. The van der Waals surface area contributed by atoms with E-state index in [0.717, 1.165) is 20.8 Å². The summed E-state index contributed by atoms with van der Waals surface area (Å²) >= 11 is 0. The summed E-state index contributed by atoms with van der Waals surface area (Å²) in [6.45, 7) is 2.92. The van der Waals surface area contributed by atoms with Gasteiger partial charge in [-0.3, -0.25) is 0 Å². The van der Waals surface area contributed by atoms with Crippen LogP contribution in [0.25, 0.3) is 0 Å². The number of aliphatic carboxylic acids is 3.